The summed E-state index contributed by atoms with van der Waals surface area (Å²) in [5, 5.41) is 2.12. The Hall–Kier alpha value is -2.61. The van der Waals surface area contributed by atoms with E-state index in [0.29, 0.717) is 21.5 Å². The maximum absolute atomic E-state index is 12.4. The average molecular weight is 395 g/mol. The van der Waals surface area contributed by atoms with E-state index in [1.165, 1.54) is 26.4 Å². The molecule has 1 fully saturated rings. The van der Waals surface area contributed by atoms with Crippen LogP contribution in [0.15, 0.2) is 34.8 Å². The lowest BCUT2D eigenvalue weighted by Crippen LogP contribution is -2.54. The SMILES string of the molecule is C=CCN1C(=O)NC(=O)C(=Cc2cc(Br)c(OC)c(OC)c2)C1=O. The Labute approximate surface area is 147 Å². The van der Waals surface area contributed by atoms with Crippen LogP contribution in [0.1, 0.15) is 5.56 Å². The number of methoxy groups -OCH3 is 2. The Balaban J connectivity index is 2.47. The molecule has 2 rings (SSSR count). The molecule has 0 radical (unpaired) electrons. The minimum atomic E-state index is -0.768. The quantitative estimate of drug-likeness (QED) is 0.469. The van der Waals surface area contributed by atoms with Crippen LogP contribution < -0.4 is 14.8 Å². The number of nitrogens with one attached hydrogen (secondary N) is 1. The molecule has 126 valence electrons. The van der Waals surface area contributed by atoms with E-state index in [1.54, 1.807) is 12.1 Å². The van der Waals surface area contributed by atoms with Gasteiger partial charge >= 0.3 is 6.03 Å². The van der Waals surface area contributed by atoms with Gasteiger partial charge in [-0.15, -0.1) is 6.58 Å². The van der Waals surface area contributed by atoms with E-state index in [9.17, 15) is 14.4 Å². The smallest absolute Gasteiger partial charge is 0.331 e. The summed E-state index contributed by atoms with van der Waals surface area (Å²) < 4.78 is 11.0. The number of rotatable bonds is 5. The molecule has 7 nitrogen and oxygen atoms in total. The van der Waals surface area contributed by atoms with Crippen molar-refractivity contribution >= 4 is 39.9 Å². The van der Waals surface area contributed by atoms with Crippen LogP contribution in [0.2, 0.25) is 0 Å². The first-order valence-electron chi connectivity index (χ1n) is 6.84. The first-order chi connectivity index (χ1) is 11.4. The number of ether oxygens (including phenoxy) is 2. The van der Waals surface area contributed by atoms with Gasteiger partial charge in [0.05, 0.1) is 18.7 Å². The highest BCUT2D eigenvalue weighted by Crippen LogP contribution is 2.37. The first-order valence-corrected chi connectivity index (χ1v) is 7.63. The Morgan fingerprint density at radius 1 is 1.25 bits per heavy atom. The second-order valence-electron chi connectivity index (χ2n) is 4.76. The molecule has 1 aromatic rings. The van der Waals surface area contributed by atoms with Crippen LogP contribution in [-0.2, 0) is 9.59 Å². The molecule has 1 N–H and O–H groups in total. The highest BCUT2D eigenvalue weighted by atomic mass is 79.9. The van der Waals surface area contributed by atoms with Crippen molar-refractivity contribution in [3.05, 3.63) is 40.4 Å². The van der Waals surface area contributed by atoms with Gasteiger partial charge in [-0.05, 0) is 39.7 Å². The van der Waals surface area contributed by atoms with Gasteiger partial charge in [-0.3, -0.25) is 19.8 Å². The molecule has 0 saturated carbocycles. The first kappa shape index (κ1) is 17.7. The van der Waals surface area contributed by atoms with Crippen molar-refractivity contribution in [1.29, 1.82) is 0 Å². The number of carbonyl (C=O) groups excluding carboxylic acids is 3. The summed E-state index contributed by atoms with van der Waals surface area (Å²) >= 11 is 3.34. The molecule has 0 unspecified atom stereocenters. The van der Waals surface area contributed by atoms with Gasteiger partial charge in [0.1, 0.15) is 5.57 Å². The van der Waals surface area contributed by atoms with Crippen molar-refractivity contribution in [1.82, 2.24) is 10.2 Å². The molecule has 1 aliphatic rings. The summed E-state index contributed by atoms with van der Waals surface area (Å²) in [6.45, 7) is 3.50. The van der Waals surface area contributed by atoms with Gasteiger partial charge in [-0.2, -0.15) is 0 Å². The van der Waals surface area contributed by atoms with Crippen molar-refractivity contribution in [2.45, 2.75) is 0 Å². The molecule has 1 aliphatic heterocycles. The zero-order valence-electron chi connectivity index (χ0n) is 13.1. The number of amides is 4. The zero-order chi connectivity index (χ0) is 17.9. The van der Waals surface area contributed by atoms with Crippen LogP contribution >= 0.6 is 15.9 Å². The molecular formula is C16H15BrN2O5. The fraction of sp³-hybridized carbons (Fsp3) is 0.188. The molecule has 1 aromatic carbocycles. The summed E-state index contributed by atoms with van der Waals surface area (Å²) in [5.41, 5.74) is 0.376. The number of carbonyl (C=O) groups is 3. The largest absolute Gasteiger partial charge is 0.493 e. The molecule has 0 aliphatic carbocycles. The average Bonchev–Trinajstić information content (AvgIpc) is 2.54. The van der Waals surface area contributed by atoms with E-state index in [2.05, 4.69) is 27.8 Å². The third-order valence-electron chi connectivity index (χ3n) is 3.26. The molecule has 1 heterocycles. The van der Waals surface area contributed by atoms with E-state index >= 15 is 0 Å². The van der Waals surface area contributed by atoms with Crippen molar-refractivity contribution in [3.63, 3.8) is 0 Å². The summed E-state index contributed by atoms with van der Waals surface area (Å²) in [7, 11) is 2.97. The number of benzene rings is 1. The van der Waals surface area contributed by atoms with E-state index in [4.69, 9.17) is 9.47 Å². The lowest BCUT2D eigenvalue weighted by molar-refractivity contribution is -0.129. The van der Waals surface area contributed by atoms with Crippen LogP contribution in [-0.4, -0.2) is 43.5 Å². The number of imide groups is 2. The normalized spacial score (nSPS) is 16.2. The Bertz CT molecular complexity index is 757. The van der Waals surface area contributed by atoms with Crippen LogP contribution in [0, 0.1) is 0 Å². The van der Waals surface area contributed by atoms with Crippen molar-refractivity contribution in [2.24, 2.45) is 0 Å². The second-order valence-corrected chi connectivity index (χ2v) is 5.61. The predicted molar refractivity (Wildman–Crippen MR) is 90.7 cm³/mol. The Kier molecular flexibility index (Phi) is 5.40. The van der Waals surface area contributed by atoms with Gasteiger partial charge in [0.25, 0.3) is 11.8 Å². The Morgan fingerprint density at radius 3 is 2.54 bits per heavy atom. The fourth-order valence-electron chi connectivity index (χ4n) is 2.18. The van der Waals surface area contributed by atoms with E-state index in [1.807, 2.05) is 0 Å². The fourth-order valence-corrected chi connectivity index (χ4v) is 2.80. The number of hydrogen-bond acceptors (Lipinski definition) is 5. The molecular weight excluding hydrogens is 380 g/mol. The van der Waals surface area contributed by atoms with Gasteiger partial charge in [0.15, 0.2) is 11.5 Å². The number of urea groups is 1. The van der Waals surface area contributed by atoms with Gasteiger partial charge in [0, 0.05) is 6.54 Å². The molecule has 8 heteroatoms. The molecule has 4 amide bonds. The number of barbiturate groups is 1. The predicted octanol–water partition coefficient (Wildman–Crippen LogP) is 2.11. The lowest BCUT2D eigenvalue weighted by atomic mass is 10.1. The standard InChI is InChI=1S/C16H15BrN2O5/c1-4-5-19-15(21)10(14(20)18-16(19)22)6-9-7-11(17)13(24-3)12(8-9)23-2/h4,6-8H,1,5H2,2-3H3,(H,18,20,22). The summed E-state index contributed by atoms with van der Waals surface area (Å²) in [4.78, 5) is 36.9. The van der Waals surface area contributed by atoms with E-state index < -0.39 is 17.8 Å². The van der Waals surface area contributed by atoms with Gasteiger partial charge in [-0.25, -0.2) is 4.79 Å². The van der Waals surface area contributed by atoms with Gasteiger partial charge < -0.3 is 9.47 Å². The third-order valence-corrected chi connectivity index (χ3v) is 3.85. The van der Waals surface area contributed by atoms with Gasteiger partial charge in [0.2, 0.25) is 0 Å². The van der Waals surface area contributed by atoms with Crippen LogP contribution in [0.25, 0.3) is 6.08 Å². The molecule has 0 atom stereocenters. The lowest BCUT2D eigenvalue weighted by Gasteiger charge is -2.25. The molecule has 1 saturated heterocycles. The van der Waals surface area contributed by atoms with Crippen molar-refractivity contribution in [2.75, 3.05) is 20.8 Å². The minimum absolute atomic E-state index is 0.00488. The Morgan fingerprint density at radius 2 is 1.96 bits per heavy atom. The molecule has 0 aromatic heterocycles. The highest BCUT2D eigenvalue weighted by Gasteiger charge is 2.34. The van der Waals surface area contributed by atoms with Crippen LogP contribution in [0.4, 0.5) is 4.79 Å². The van der Waals surface area contributed by atoms with Crippen molar-refractivity contribution in [3.8, 4) is 11.5 Å². The van der Waals surface area contributed by atoms with Crippen LogP contribution in [0.5, 0.6) is 11.5 Å². The maximum atomic E-state index is 12.4. The zero-order valence-corrected chi connectivity index (χ0v) is 14.7. The maximum Gasteiger partial charge on any atom is 0.331 e. The number of hydrogen-bond donors (Lipinski definition) is 1. The van der Waals surface area contributed by atoms with Gasteiger partial charge in [-0.1, -0.05) is 6.08 Å². The van der Waals surface area contributed by atoms with E-state index in [0.717, 1.165) is 4.90 Å². The van der Waals surface area contributed by atoms with Crippen LogP contribution in [0.3, 0.4) is 0 Å². The molecule has 0 bridgehead atoms. The van der Waals surface area contributed by atoms with E-state index in [-0.39, 0.29) is 12.1 Å². The molecule has 24 heavy (non-hydrogen) atoms. The summed E-state index contributed by atoms with van der Waals surface area (Å²) in [6.07, 6.45) is 2.78. The number of halogens is 1. The summed E-state index contributed by atoms with van der Waals surface area (Å²) in [5.74, 6) is -0.519. The highest BCUT2D eigenvalue weighted by molar-refractivity contribution is 9.10. The second kappa shape index (κ2) is 7.31. The molecule has 0 spiro atoms. The van der Waals surface area contributed by atoms with Crippen molar-refractivity contribution < 1.29 is 23.9 Å². The monoisotopic (exact) mass is 394 g/mol. The summed E-state index contributed by atoms with van der Waals surface area (Å²) in [6, 6.07) is 2.52. The topological polar surface area (TPSA) is 84.9 Å². The third kappa shape index (κ3) is 3.33. The minimum Gasteiger partial charge on any atom is -0.493 e. The number of nitrogens with zero attached hydrogens (tertiary/aromatic N) is 1.